The van der Waals surface area contributed by atoms with E-state index < -0.39 is 0 Å². The molecular formula is C11H7BrN2O2. The van der Waals surface area contributed by atoms with Crippen LogP contribution in [-0.4, -0.2) is 5.16 Å². The van der Waals surface area contributed by atoms with E-state index in [0.29, 0.717) is 17.9 Å². The van der Waals surface area contributed by atoms with Crippen molar-refractivity contribution < 1.29 is 9.26 Å². The van der Waals surface area contributed by atoms with Gasteiger partial charge in [0.05, 0.1) is 11.8 Å². The zero-order valence-corrected chi connectivity index (χ0v) is 9.77. The first-order valence-corrected chi connectivity index (χ1v) is 5.29. The number of benzene rings is 1. The Morgan fingerprint density at radius 2 is 2.38 bits per heavy atom. The molecule has 80 valence electrons. The highest BCUT2D eigenvalue weighted by Crippen LogP contribution is 2.23. The monoisotopic (exact) mass is 278 g/mol. The Kier molecular flexibility index (Phi) is 3.22. The number of rotatable bonds is 3. The van der Waals surface area contributed by atoms with Crippen LogP contribution >= 0.6 is 15.9 Å². The van der Waals surface area contributed by atoms with Gasteiger partial charge in [0.25, 0.3) is 0 Å². The molecule has 0 amide bonds. The third-order valence-electron chi connectivity index (χ3n) is 1.94. The van der Waals surface area contributed by atoms with Crippen LogP contribution in [0.25, 0.3) is 0 Å². The van der Waals surface area contributed by atoms with Crippen molar-refractivity contribution >= 4 is 15.9 Å². The summed E-state index contributed by atoms with van der Waals surface area (Å²) < 4.78 is 11.0. The molecule has 0 saturated heterocycles. The van der Waals surface area contributed by atoms with Gasteiger partial charge in [-0.3, -0.25) is 0 Å². The van der Waals surface area contributed by atoms with Crippen LogP contribution in [0, 0.1) is 11.3 Å². The molecule has 0 saturated carbocycles. The number of aromatic nitrogens is 1. The first kappa shape index (κ1) is 10.7. The smallest absolute Gasteiger partial charge is 0.137 e. The van der Waals surface area contributed by atoms with Gasteiger partial charge < -0.3 is 9.26 Å². The highest BCUT2D eigenvalue weighted by Gasteiger charge is 2.04. The summed E-state index contributed by atoms with van der Waals surface area (Å²) in [4.78, 5) is 0. The Bertz CT molecular complexity index is 517. The van der Waals surface area contributed by atoms with Gasteiger partial charge in [-0.05, 0) is 18.2 Å². The molecule has 0 radical (unpaired) electrons. The second-order valence-corrected chi connectivity index (χ2v) is 3.99. The van der Waals surface area contributed by atoms with Crippen LogP contribution in [0.5, 0.6) is 5.75 Å². The lowest BCUT2D eigenvalue weighted by atomic mass is 10.2. The summed E-state index contributed by atoms with van der Waals surface area (Å²) in [5, 5.41) is 12.5. The van der Waals surface area contributed by atoms with E-state index in [1.165, 1.54) is 6.26 Å². The predicted molar refractivity (Wildman–Crippen MR) is 59.7 cm³/mol. The standard InChI is InChI=1S/C11H7BrN2O2/c12-10-1-2-11(9(3-10)4-13)15-6-8-5-14-16-7-8/h1-3,5,7H,6H2. The van der Waals surface area contributed by atoms with E-state index in [1.54, 1.807) is 18.3 Å². The maximum Gasteiger partial charge on any atom is 0.137 e. The maximum atomic E-state index is 8.92. The van der Waals surface area contributed by atoms with Gasteiger partial charge in [-0.1, -0.05) is 21.1 Å². The first-order valence-electron chi connectivity index (χ1n) is 4.50. The van der Waals surface area contributed by atoms with Crippen LogP contribution < -0.4 is 4.74 Å². The second-order valence-electron chi connectivity index (χ2n) is 3.07. The van der Waals surface area contributed by atoms with Crippen LogP contribution in [0.1, 0.15) is 11.1 Å². The number of halogens is 1. The lowest BCUT2D eigenvalue weighted by Crippen LogP contribution is -1.95. The Balaban J connectivity index is 2.13. The van der Waals surface area contributed by atoms with E-state index >= 15 is 0 Å². The summed E-state index contributed by atoms with van der Waals surface area (Å²) in [6.07, 6.45) is 3.08. The molecule has 0 fully saturated rings. The van der Waals surface area contributed by atoms with Crippen molar-refractivity contribution in [3.63, 3.8) is 0 Å². The van der Waals surface area contributed by atoms with Gasteiger partial charge in [0, 0.05) is 10.0 Å². The molecule has 2 rings (SSSR count). The average molecular weight is 279 g/mol. The van der Waals surface area contributed by atoms with Gasteiger partial charge in [0.1, 0.15) is 24.7 Å². The number of hydrogen-bond acceptors (Lipinski definition) is 4. The molecule has 0 unspecified atom stereocenters. The van der Waals surface area contributed by atoms with E-state index in [0.717, 1.165) is 10.0 Å². The summed E-state index contributed by atoms with van der Waals surface area (Å²) >= 11 is 3.30. The molecule has 0 aliphatic carbocycles. The van der Waals surface area contributed by atoms with Crippen molar-refractivity contribution in [3.05, 3.63) is 46.3 Å². The van der Waals surface area contributed by atoms with E-state index in [4.69, 9.17) is 10.00 Å². The maximum absolute atomic E-state index is 8.92. The molecule has 1 aromatic carbocycles. The Morgan fingerprint density at radius 3 is 3.06 bits per heavy atom. The van der Waals surface area contributed by atoms with Gasteiger partial charge in [0.2, 0.25) is 0 Å². The van der Waals surface area contributed by atoms with E-state index in [-0.39, 0.29) is 0 Å². The van der Waals surface area contributed by atoms with Crippen molar-refractivity contribution in [2.45, 2.75) is 6.61 Å². The van der Waals surface area contributed by atoms with Crippen molar-refractivity contribution in [1.29, 1.82) is 5.26 Å². The largest absolute Gasteiger partial charge is 0.487 e. The summed E-state index contributed by atoms with van der Waals surface area (Å²) in [6.45, 7) is 0.333. The molecule has 0 aliphatic rings. The minimum absolute atomic E-state index is 0.333. The third kappa shape index (κ3) is 2.41. The predicted octanol–water partition coefficient (Wildman–Crippen LogP) is 2.89. The summed E-state index contributed by atoms with van der Waals surface area (Å²) in [7, 11) is 0. The highest BCUT2D eigenvalue weighted by atomic mass is 79.9. The number of ether oxygens (including phenoxy) is 1. The molecule has 1 aromatic heterocycles. The second kappa shape index (κ2) is 4.81. The van der Waals surface area contributed by atoms with Gasteiger partial charge in [-0.15, -0.1) is 0 Å². The molecule has 1 heterocycles. The fourth-order valence-corrected chi connectivity index (χ4v) is 1.54. The van der Waals surface area contributed by atoms with E-state index in [9.17, 15) is 0 Å². The normalized spacial score (nSPS) is 9.75. The molecule has 0 atom stereocenters. The van der Waals surface area contributed by atoms with Crippen LogP contribution in [0.3, 0.4) is 0 Å². The molecule has 0 spiro atoms. The molecule has 16 heavy (non-hydrogen) atoms. The van der Waals surface area contributed by atoms with Crippen molar-refractivity contribution in [2.24, 2.45) is 0 Å². The molecule has 0 N–H and O–H groups in total. The van der Waals surface area contributed by atoms with Crippen LogP contribution in [0.4, 0.5) is 0 Å². The lowest BCUT2D eigenvalue weighted by molar-refractivity contribution is 0.303. The van der Waals surface area contributed by atoms with Crippen molar-refractivity contribution in [3.8, 4) is 11.8 Å². The Labute approximate surface area is 101 Å². The fraction of sp³-hybridized carbons (Fsp3) is 0.0909. The first-order chi connectivity index (χ1) is 7.79. The van der Waals surface area contributed by atoms with Gasteiger partial charge in [-0.25, -0.2) is 0 Å². The molecule has 0 bridgehead atoms. The quantitative estimate of drug-likeness (QED) is 0.866. The van der Waals surface area contributed by atoms with Gasteiger partial charge in [-0.2, -0.15) is 5.26 Å². The third-order valence-corrected chi connectivity index (χ3v) is 2.43. The SMILES string of the molecule is N#Cc1cc(Br)ccc1OCc1cnoc1. The zero-order chi connectivity index (χ0) is 11.4. The number of nitrogens with zero attached hydrogens (tertiary/aromatic N) is 2. The molecule has 2 aromatic rings. The van der Waals surface area contributed by atoms with E-state index in [2.05, 4.69) is 31.7 Å². The van der Waals surface area contributed by atoms with Crippen molar-refractivity contribution in [2.75, 3.05) is 0 Å². The van der Waals surface area contributed by atoms with Crippen LogP contribution in [0.2, 0.25) is 0 Å². The molecule has 5 heteroatoms. The molecule has 0 aliphatic heterocycles. The van der Waals surface area contributed by atoms with Crippen LogP contribution in [-0.2, 0) is 6.61 Å². The van der Waals surface area contributed by atoms with Gasteiger partial charge in [0.15, 0.2) is 0 Å². The average Bonchev–Trinajstić information content (AvgIpc) is 2.80. The Hall–Kier alpha value is -1.80. The van der Waals surface area contributed by atoms with E-state index in [1.807, 2.05) is 6.07 Å². The molecule has 4 nitrogen and oxygen atoms in total. The summed E-state index contributed by atoms with van der Waals surface area (Å²) in [6, 6.07) is 7.35. The van der Waals surface area contributed by atoms with Gasteiger partial charge >= 0.3 is 0 Å². The minimum Gasteiger partial charge on any atom is -0.487 e. The highest BCUT2D eigenvalue weighted by molar-refractivity contribution is 9.10. The summed E-state index contributed by atoms with van der Waals surface area (Å²) in [5.41, 5.74) is 1.32. The van der Waals surface area contributed by atoms with Crippen molar-refractivity contribution in [1.82, 2.24) is 5.16 Å². The summed E-state index contributed by atoms with van der Waals surface area (Å²) in [5.74, 6) is 0.548. The minimum atomic E-state index is 0.333. The zero-order valence-electron chi connectivity index (χ0n) is 8.18. The number of hydrogen-bond donors (Lipinski definition) is 0. The Morgan fingerprint density at radius 1 is 1.50 bits per heavy atom. The molecular weight excluding hydrogens is 272 g/mol. The van der Waals surface area contributed by atoms with Crippen LogP contribution in [0.15, 0.2) is 39.7 Å². The lowest BCUT2D eigenvalue weighted by Gasteiger charge is -2.06. The number of nitriles is 1. The topological polar surface area (TPSA) is 59.0 Å². The fourth-order valence-electron chi connectivity index (χ4n) is 1.17.